The molecule has 0 saturated heterocycles. The Kier molecular flexibility index (Phi) is 4.05. The molecule has 1 aromatic carbocycles. The van der Waals surface area contributed by atoms with E-state index < -0.39 is 0 Å². The van der Waals surface area contributed by atoms with Gasteiger partial charge in [-0.05, 0) is 61.8 Å². The second-order valence-electron chi connectivity index (χ2n) is 6.52. The molecule has 1 unspecified atom stereocenters. The van der Waals surface area contributed by atoms with E-state index in [9.17, 15) is 0 Å². The second-order valence-corrected chi connectivity index (χ2v) is 7.43. The van der Waals surface area contributed by atoms with Crippen molar-refractivity contribution in [3.63, 3.8) is 0 Å². The van der Waals surface area contributed by atoms with Gasteiger partial charge in [0.2, 0.25) is 0 Å². The Morgan fingerprint density at radius 3 is 2.39 bits per heavy atom. The summed E-state index contributed by atoms with van der Waals surface area (Å²) in [6.07, 6.45) is 5.29. The normalized spacial score (nSPS) is 22.8. The van der Waals surface area contributed by atoms with Gasteiger partial charge in [0.15, 0.2) is 0 Å². The first-order chi connectivity index (χ1) is 8.37. The van der Waals surface area contributed by atoms with Gasteiger partial charge in [0, 0.05) is 16.2 Å². The van der Waals surface area contributed by atoms with Crippen molar-refractivity contribution >= 4 is 21.6 Å². The smallest absolute Gasteiger partial charge is 0.0402 e. The van der Waals surface area contributed by atoms with Crippen LogP contribution >= 0.6 is 15.9 Å². The van der Waals surface area contributed by atoms with Gasteiger partial charge in [-0.15, -0.1) is 0 Å². The van der Waals surface area contributed by atoms with E-state index in [0.717, 1.165) is 0 Å². The minimum atomic E-state index is 0.493. The molecule has 0 aliphatic heterocycles. The highest BCUT2D eigenvalue weighted by Crippen LogP contribution is 2.37. The lowest BCUT2D eigenvalue weighted by atomic mass is 9.75. The first-order valence-electron chi connectivity index (χ1n) is 6.91. The van der Waals surface area contributed by atoms with Crippen molar-refractivity contribution in [2.24, 2.45) is 5.41 Å². The summed E-state index contributed by atoms with van der Waals surface area (Å²) in [6.45, 7) is 9.16. The van der Waals surface area contributed by atoms with Crippen LogP contribution in [-0.2, 0) is 0 Å². The minimum Gasteiger partial charge on any atom is -0.382 e. The highest BCUT2D eigenvalue weighted by atomic mass is 79.9. The summed E-state index contributed by atoms with van der Waals surface area (Å²) >= 11 is 3.56. The quantitative estimate of drug-likeness (QED) is 0.766. The topological polar surface area (TPSA) is 12.0 Å². The Morgan fingerprint density at radius 1 is 1.22 bits per heavy atom. The molecule has 100 valence electrons. The van der Waals surface area contributed by atoms with Crippen LogP contribution in [-0.4, -0.2) is 6.04 Å². The van der Waals surface area contributed by atoms with E-state index in [-0.39, 0.29) is 0 Å². The molecule has 2 heteroatoms. The van der Waals surface area contributed by atoms with Crippen LogP contribution in [0.25, 0.3) is 0 Å². The number of nitrogens with one attached hydrogen (secondary N) is 1. The largest absolute Gasteiger partial charge is 0.382 e. The van der Waals surface area contributed by atoms with Crippen molar-refractivity contribution < 1.29 is 0 Å². The molecule has 1 saturated carbocycles. The Balaban J connectivity index is 2.14. The van der Waals surface area contributed by atoms with Crippen LogP contribution in [0.3, 0.4) is 0 Å². The molecule has 0 bridgehead atoms. The molecule has 1 fully saturated rings. The number of rotatable bonds is 2. The summed E-state index contributed by atoms with van der Waals surface area (Å²) in [7, 11) is 0. The van der Waals surface area contributed by atoms with Crippen LogP contribution in [0.5, 0.6) is 0 Å². The third-order valence-corrected chi connectivity index (χ3v) is 4.51. The van der Waals surface area contributed by atoms with Gasteiger partial charge in [-0.25, -0.2) is 0 Å². The number of hydrogen-bond donors (Lipinski definition) is 1. The zero-order chi connectivity index (χ0) is 13.3. The van der Waals surface area contributed by atoms with Gasteiger partial charge in [0.1, 0.15) is 0 Å². The molecule has 1 aromatic rings. The number of aryl methyl sites for hydroxylation is 2. The van der Waals surface area contributed by atoms with Gasteiger partial charge in [-0.2, -0.15) is 0 Å². The fraction of sp³-hybridized carbons (Fsp3) is 0.625. The molecule has 1 nitrogen and oxygen atoms in total. The van der Waals surface area contributed by atoms with Gasteiger partial charge in [-0.3, -0.25) is 0 Å². The van der Waals surface area contributed by atoms with Crippen LogP contribution in [0.1, 0.15) is 50.7 Å². The Hall–Kier alpha value is -0.500. The highest BCUT2D eigenvalue weighted by Gasteiger charge is 2.28. The predicted molar refractivity (Wildman–Crippen MR) is 83.3 cm³/mol. The van der Waals surface area contributed by atoms with Gasteiger partial charge in [0.05, 0.1) is 0 Å². The highest BCUT2D eigenvalue weighted by molar-refractivity contribution is 9.10. The summed E-state index contributed by atoms with van der Waals surface area (Å²) < 4.78 is 1.17. The van der Waals surface area contributed by atoms with Crippen molar-refractivity contribution in [1.82, 2.24) is 0 Å². The minimum absolute atomic E-state index is 0.493. The Labute approximate surface area is 119 Å². The molecule has 18 heavy (non-hydrogen) atoms. The summed E-state index contributed by atoms with van der Waals surface area (Å²) in [6, 6.07) is 5.03. The van der Waals surface area contributed by atoms with E-state index >= 15 is 0 Å². The van der Waals surface area contributed by atoms with Crippen molar-refractivity contribution in [2.45, 2.75) is 59.4 Å². The van der Waals surface area contributed by atoms with Crippen LogP contribution < -0.4 is 5.32 Å². The fourth-order valence-corrected chi connectivity index (χ4v) is 3.85. The monoisotopic (exact) mass is 309 g/mol. The van der Waals surface area contributed by atoms with E-state index in [1.807, 2.05) is 0 Å². The first kappa shape index (κ1) is 13.9. The van der Waals surface area contributed by atoms with Crippen molar-refractivity contribution in [3.05, 3.63) is 27.7 Å². The maximum atomic E-state index is 3.78. The van der Waals surface area contributed by atoms with Crippen LogP contribution in [0, 0.1) is 19.3 Å². The summed E-state index contributed by atoms with van der Waals surface area (Å²) in [5.74, 6) is 0. The number of hydrogen-bond acceptors (Lipinski definition) is 1. The molecule has 2 rings (SSSR count). The van der Waals surface area contributed by atoms with Crippen molar-refractivity contribution in [3.8, 4) is 0 Å². The van der Waals surface area contributed by atoms with E-state index in [2.05, 4.69) is 61.1 Å². The molecular weight excluding hydrogens is 286 g/mol. The van der Waals surface area contributed by atoms with Crippen LogP contribution in [0.4, 0.5) is 5.69 Å². The number of benzene rings is 1. The summed E-state index contributed by atoms with van der Waals surface area (Å²) in [5.41, 5.74) is 4.50. The lowest BCUT2D eigenvalue weighted by molar-refractivity contribution is 0.229. The fourth-order valence-electron chi connectivity index (χ4n) is 3.16. The Morgan fingerprint density at radius 2 is 1.83 bits per heavy atom. The third kappa shape index (κ3) is 3.28. The van der Waals surface area contributed by atoms with Gasteiger partial charge in [-0.1, -0.05) is 36.2 Å². The molecule has 0 amide bonds. The molecule has 0 aromatic heterocycles. The van der Waals surface area contributed by atoms with E-state index in [0.29, 0.717) is 11.5 Å². The number of halogens is 1. The lowest BCUT2D eigenvalue weighted by Crippen LogP contribution is -2.32. The van der Waals surface area contributed by atoms with Crippen LogP contribution in [0.15, 0.2) is 16.6 Å². The molecule has 0 spiro atoms. The van der Waals surface area contributed by atoms with Gasteiger partial charge >= 0.3 is 0 Å². The van der Waals surface area contributed by atoms with Crippen LogP contribution in [0.2, 0.25) is 0 Å². The first-order valence-corrected chi connectivity index (χ1v) is 7.70. The second kappa shape index (κ2) is 5.24. The maximum Gasteiger partial charge on any atom is 0.0402 e. The van der Waals surface area contributed by atoms with E-state index in [4.69, 9.17) is 0 Å². The number of anilines is 1. The lowest BCUT2D eigenvalue weighted by Gasteiger charge is -2.36. The summed E-state index contributed by atoms with van der Waals surface area (Å²) in [4.78, 5) is 0. The van der Waals surface area contributed by atoms with Crippen molar-refractivity contribution in [1.29, 1.82) is 0 Å². The average molecular weight is 310 g/mol. The standard InChI is InChI=1S/C16H24BrN/c1-11-8-13(17)9-12(2)15(11)18-14-6-5-7-16(3,4)10-14/h8-9,14,18H,5-7,10H2,1-4H3. The van der Waals surface area contributed by atoms with Gasteiger partial charge in [0.25, 0.3) is 0 Å². The van der Waals surface area contributed by atoms with E-state index in [1.165, 1.54) is 47.0 Å². The molecule has 1 atom stereocenters. The molecule has 1 aliphatic carbocycles. The van der Waals surface area contributed by atoms with E-state index in [1.54, 1.807) is 0 Å². The molecule has 0 radical (unpaired) electrons. The van der Waals surface area contributed by atoms with Crippen molar-refractivity contribution in [2.75, 3.05) is 5.32 Å². The molecule has 1 aliphatic rings. The zero-order valence-corrected chi connectivity index (χ0v) is 13.5. The maximum absolute atomic E-state index is 3.78. The molecule has 0 heterocycles. The Bertz CT molecular complexity index is 414. The summed E-state index contributed by atoms with van der Waals surface area (Å²) in [5, 5.41) is 3.78. The third-order valence-electron chi connectivity index (χ3n) is 4.05. The SMILES string of the molecule is Cc1cc(Br)cc(C)c1NC1CCCC(C)(C)C1. The molecule has 1 N–H and O–H groups in total. The zero-order valence-electron chi connectivity index (χ0n) is 11.9. The van der Waals surface area contributed by atoms with Gasteiger partial charge < -0.3 is 5.32 Å². The predicted octanol–water partition coefficient (Wildman–Crippen LogP) is 5.45. The average Bonchev–Trinajstić information content (AvgIpc) is 2.22. The molecular formula is C16H24BrN.